The quantitative estimate of drug-likeness (QED) is 0.527. The second kappa shape index (κ2) is 8.34. The topological polar surface area (TPSA) is 75.3 Å². The zero-order valence-electron chi connectivity index (χ0n) is 15.7. The van der Waals surface area contributed by atoms with Gasteiger partial charge in [0, 0.05) is 15.7 Å². The maximum atomic E-state index is 14.0. The lowest BCUT2D eigenvalue weighted by Crippen LogP contribution is -2.17. The van der Waals surface area contributed by atoms with Crippen LogP contribution in [0.1, 0.15) is 21.5 Å². The summed E-state index contributed by atoms with van der Waals surface area (Å²) in [6, 6.07) is 15.4. The van der Waals surface area contributed by atoms with Gasteiger partial charge in [0.15, 0.2) is 0 Å². The Morgan fingerprint density at radius 1 is 1.00 bits per heavy atom. The van der Waals surface area contributed by atoms with E-state index in [9.17, 15) is 17.6 Å². The summed E-state index contributed by atoms with van der Waals surface area (Å²) < 4.78 is 42.5. The van der Waals surface area contributed by atoms with Gasteiger partial charge in [-0.05, 0) is 67.4 Å². The average molecular weight is 477 g/mol. The van der Waals surface area contributed by atoms with Gasteiger partial charge in [0.25, 0.3) is 15.9 Å². The molecule has 3 aromatic carbocycles. The Bertz CT molecular complexity index is 1200. The molecule has 0 heterocycles. The van der Waals surface area contributed by atoms with E-state index in [1.807, 2.05) is 13.0 Å². The number of nitrogens with one attached hydrogen (secondary N) is 2. The fraction of sp³-hybridized carbons (Fsp3) is 0.0952. The number of amides is 1. The molecule has 2 N–H and O–H groups in total. The molecule has 3 aromatic rings. The van der Waals surface area contributed by atoms with E-state index in [0.717, 1.165) is 5.56 Å². The summed E-state index contributed by atoms with van der Waals surface area (Å²) >= 11 is 3.16. The molecule has 0 aliphatic carbocycles. The molecule has 1 amide bonds. The summed E-state index contributed by atoms with van der Waals surface area (Å²) in [7, 11) is -3.90. The lowest BCUT2D eigenvalue weighted by molar-refractivity contribution is 0.102. The van der Waals surface area contributed by atoms with Crippen molar-refractivity contribution >= 4 is 43.2 Å². The van der Waals surface area contributed by atoms with Gasteiger partial charge in [0.05, 0.1) is 10.6 Å². The standard InChI is InChI=1S/C21H18BrFN2O3S/c1-13-4-3-5-16(10-13)25-29(27,28)17-8-6-14(2)18(12-17)21(26)24-20-9-7-15(22)11-19(20)23/h3-12,25H,1-2H3,(H,24,26). The predicted molar refractivity (Wildman–Crippen MR) is 115 cm³/mol. The molecule has 8 heteroatoms. The van der Waals surface area contributed by atoms with Crippen molar-refractivity contribution in [1.29, 1.82) is 0 Å². The number of benzene rings is 3. The van der Waals surface area contributed by atoms with Gasteiger partial charge >= 0.3 is 0 Å². The molecule has 0 atom stereocenters. The molecule has 29 heavy (non-hydrogen) atoms. The monoisotopic (exact) mass is 476 g/mol. The minimum Gasteiger partial charge on any atom is -0.319 e. The average Bonchev–Trinajstić information content (AvgIpc) is 2.63. The molecule has 0 aliphatic rings. The number of hydrogen-bond donors (Lipinski definition) is 2. The summed E-state index contributed by atoms with van der Waals surface area (Å²) in [5, 5.41) is 2.48. The number of rotatable bonds is 5. The van der Waals surface area contributed by atoms with Crippen LogP contribution in [-0.2, 0) is 10.0 Å². The molecule has 0 spiro atoms. The van der Waals surface area contributed by atoms with Gasteiger partial charge in [-0.25, -0.2) is 12.8 Å². The molecule has 0 radical (unpaired) electrons. The molecular formula is C21H18BrFN2O3S. The third kappa shape index (κ3) is 5.02. The van der Waals surface area contributed by atoms with Crippen LogP contribution in [0.3, 0.4) is 0 Å². The highest BCUT2D eigenvalue weighted by Gasteiger charge is 2.19. The van der Waals surface area contributed by atoms with Crippen LogP contribution in [0.2, 0.25) is 0 Å². The second-order valence-electron chi connectivity index (χ2n) is 6.53. The van der Waals surface area contributed by atoms with E-state index in [2.05, 4.69) is 26.0 Å². The molecule has 0 saturated heterocycles. The maximum Gasteiger partial charge on any atom is 0.261 e. The van der Waals surface area contributed by atoms with Gasteiger partial charge in [0.2, 0.25) is 0 Å². The van der Waals surface area contributed by atoms with Crippen LogP contribution in [0.15, 0.2) is 70.0 Å². The van der Waals surface area contributed by atoms with Crippen LogP contribution >= 0.6 is 15.9 Å². The summed E-state index contributed by atoms with van der Waals surface area (Å²) in [5.41, 5.74) is 2.04. The van der Waals surface area contributed by atoms with Gasteiger partial charge in [-0.3, -0.25) is 9.52 Å². The lowest BCUT2D eigenvalue weighted by atomic mass is 10.1. The van der Waals surface area contributed by atoms with E-state index >= 15 is 0 Å². The zero-order valence-corrected chi connectivity index (χ0v) is 18.1. The van der Waals surface area contributed by atoms with Crippen LogP contribution in [0.5, 0.6) is 0 Å². The van der Waals surface area contributed by atoms with Gasteiger partial charge in [-0.15, -0.1) is 0 Å². The van der Waals surface area contributed by atoms with Crippen molar-refractivity contribution in [3.63, 3.8) is 0 Å². The molecule has 0 unspecified atom stereocenters. The van der Waals surface area contributed by atoms with Crippen molar-refractivity contribution in [2.45, 2.75) is 18.7 Å². The Balaban J connectivity index is 1.89. The van der Waals surface area contributed by atoms with Gasteiger partial charge in [0.1, 0.15) is 5.82 Å². The molecule has 150 valence electrons. The highest BCUT2D eigenvalue weighted by atomic mass is 79.9. The Kier molecular flexibility index (Phi) is 6.04. The summed E-state index contributed by atoms with van der Waals surface area (Å²) in [5.74, 6) is -1.20. The van der Waals surface area contributed by atoms with Crippen molar-refractivity contribution in [3.05, 3.63) is 87.6 Å². The number of carbonyl (C=O) groups is 1. The number of hydrogen-bond acceptors (Lipinski definition) is 3. The number of carbonyl (C=O) groups excluding carboxylic acids is 1. The zero-order chi connectivity index (χ0) is 21.2. The third-order valence-electron chi connectivity index (χ3n) is 4.21. The SMILES string of the molecule is Cc1cccc(NS(=O)(=O)c2ccc(C)c(C(=O)Nc3ccc(Br)cc3F)c2)c1. The molecule has 5 nitrogen and oxygen atoms in total. The van der Waals surface area contributed by atoms with Crippen LogP contribution in [0.25, 0.3) is 0 Å². The van der Waals surface area contributed by atoms with Crippen LogP contribution in [-0.4, -0.2) is 14.3 Å². The number of anilines is 2. The van der Waals surface area contributed by atoms with Crippen molar-refractivity contribution in [3.8, 4) is 0 Å². The first-order valence-corrected chi connectivity index (χ1v) is 10.9. The normalized spacial score (nSPS) is 11.2. The predicted octanol–water partition coefficient (Wildman–Crippen LogP) is 5.26. The molecule has 0 fully saturated rings. The molecule has 3 rings (SSSR count). The fourth-order valence-corrected chi connectivity index (χ4v) is 4.12. The Labute approximate surface area is 177 Å². The van der Waals surface area contributed by atoms with E-state index in [-0.39, 0.29) is 16.1 Å². The summed E-state index contributed by atoms with van der Waals surface area (Å²) in [6.07, 6.45) is 0. The van der Waals surface area contributed by atoms with Crippen molar-refractivity contribution < 1.29 is 17.6 Å². The fourth-order valence-electron chi connectivity index (χ4n) is 2.72. The second-order valence-corrected chi connectivity index (χ2v) is 9.13. The lowest BCUT2D eigenvalue weighted by Gasteiger charge is -2.12. The molecular weight excluding hydrogens is 459 g/mol. The van der Waals surface area contributed by atoms with Gasteiger partial charge in [-0.2, -0.15) is 0 Å². The van der Waals surface area contributed by atoms with Crippen molar-refractivity contribution in [1.82, 2.24) is 0 Å². The minimum absolute atomic E-state index is 0.00347. The largest absolute Gasteiger partial charge is 0.319 e. The van der Waals surface area contributed by atoms with E-state index in [1.165, 1.54) is 30.3 Å². The van der Waals surface area contributed by atoms with E-state index in [1.54, 1.807) is 31.2 Å². The Hall–Kier alpha value is -2.71. The summed E-state index contributed by atoms with van der Waals surface area (Å²) in [6.45, 7) is 3.53. The number of sulfonamides is 1. The third-order valence-corrected chi connectivity index (χ3v) is 6.09. The van der Waals surface area contributed by atoms with Crippen LogP contribution in [0.4, 0.5) is 15.8 Å². The first-order valence-electron chi connectivity index (χ1n) is 8.62. The van der Waals surface area contributed by atoms with Gasteiger partial charge in [-0.1, -0.05) is 34.1 Å². The van der Waals surface area contributed by atoms with Crippen molar-refractivity contribution in [2.75, 3.05) is 10.0 Å². The van der Waals surface area contributed by atoms with Crippen LogP contribution in [0, 0.1) is 19.7 Å². The first kappa shape index (κ1) is 21.0. The number of aryl methyl sites for hydroxylation is 2. The smallest absolute Gasteiger partial charge is 0.261 e. The van der Waals surface area contributed by atoms with Crippen molar-refractivity contribution in [2.24, 2.45) is 0 Å². The summed E-state index contributed by atoms with van der Waals surface area (Å²) in [4.78, 5) is 12.6. The van der Waals surface area contributed by atoms with E-state index in [0.29, 0.717) is 15.7 Å². The highest BCUT2D eigenvalue weighted by molar-refractivity contribution is 9.10. The first-order chi connectivity index (χ1) is 13.7. The van der Waals surface area contributed by atoms with Gasteiger partial charge < -0.3 is 5.32 Å². The molecule has 0 aliphatic heterocycles. The molecule has 0 bridgehead atoms. The number of halogens is 2. The maximum absolute atomic E-state index is 14.0. The minimum atomic E-state index is -3.90. The van der Waals surface area contributed by atoms with E-state index in [4.69, 9.17) is 0 Å². The van der Waals surface area contributed by atoms with Crippen LogP contribution < -0.4 is 10.0 Å². The van der Waals surface area contributed by atoms with E-state index < -0.39 is 21.7 Å². The Morgan fingerprint density at radius 2 is 1.76 bits per heavy atom. The molecule has 0 saturated carbocycles. The highest BCUT2D eigenvalue weighted by Crippen LogP contribution is 2.23. The Morgan fingerprint density at radius 3 is 2.45 bits per heavy atom. The molecule has 0 aromatic heterocycles.